The number of aromatic nitrogens is 2. The van der Waals surface area contributed by atoms with Crippen LogP contribution in [-0.4, -0.2) is 26.9 Å². The second kappa shape index (κ2) is 3.28. The number of fused-ring (bicyclic) bond motifs is 1. The van der Waals surface area contributed by atoms with E-state index in [9.17, 15) is 0 Å². The Bertz CT molecular complexity index is 450. The second-order valence-corrected chi connectivity index (χ2v) is 2.83. The van der Waals surface area contributed by atoms with Gasteiger partial charge in [-0.25, -0.2) is 4.52 Å². The van der Waals surface area contributed by atoms with Gasteiger partial charge >= 0.3 is 0 Å². The summed E-state index contributed by atoms with van der Waals surface area (Å²) >= 11 is 0. The Morgan fingerprint density at radius 1 is 1.36 bits per heavy atom. The van der Waals surface area contributed by atoms with Gasteiger partial charge < -0.3 is 14.9 Å². The quantitative estimate of drug-likeness (QED) is 0.676. The maximum atomic E-state index is 9.08. The van der Waals surface area contributed by atoms with Gasteiger partial charge in [-0.15, -0.1) is 0 Å². The molecule has 0 spiro atoms. The minimum absolute atomic E-state index is 0.406. The lowest BCUT2D eigenvalue weighted by Crippen LogP contribution is -2.01. The van der Waals surface area contributed by atoms with Gasteiger partial charge in [0, 0.05) is 11.6 Å². The van der Waals surface area contributed by atoms with E-state index in [1.807, 2.05) is 0 Å². The van der Waals surface area contributed by atoms with E-state index in [1.165, 1.54) is 11.6 Å². The molecule has 2 aromatic rings. The molecule has 0 aromatic carbocycles. The molecule has 2 N–H and O–H groups in total. The van der Waals surface area contributed by atoms with Crippen LogP contribution in [0, 0.1) is 0 Å². The average Bonchev–Trinajstić information content (AvgIpc) is 2.64. The molecule has 14 heavy (non-hydrogen) atoms. The molecule has 0 aliphatic heterocycles. The van der Waals surface area contributed by atoms with Crippen molar-refractivity contribution in [1.82, 2.24) is 9.61 Å². The Labute approximate surface area is 80.2 Å². The average molecular weight is 194 g/mol. The number of pyridine rings is 1. The molecule has 0 saturated heterocycles. The highest BCUT2D eigenvalue weighted by molar-refractivity contribution is 5.56. The highest BCUT2D eigenvalue weighted by Crippen LogP contribution is 2.21. The number of aliphatic hydroxyl groups excluding tert-OH is 1. The van der Waals surface area contributed by atoms with Gasteiger partial charge in [0.25, 0.3) is 0 Å². The zero-order valence-corrected chi connectivity index (χ0v) is 7.58. The molecule has 0 bridgehead atoms. The van der Waals surface area contributed by atoms with Gasteiger partial charge in [-0.3, -0.25) is 0 Å². The fraction of sp³-hybridized carbons (Fsp3) is 0.222. The van der Waals surface area contributed by atoms with E-state index < -0.39 is 6.29 Å². The van der Waals surface area contributed by atoms with Gasteiger partial charge in [0.05, 0.1) is 18.8 Å². The molecule has 0 saturated carbocycles. The number of aliphatic hydroxyl groups is 2. The zero-order chi connectivity index (χ0) is 10.1. The van der Waals surface area contributed by atoms with Gasteiger partial charge in [0.2, 0.25) is 5.88 Å². The van der Waals surface area contributed by atoms with Crippen LogP contribution in [0.25, 0.3) is 5.52 Å². The number of hydrogen-bond donors (Lipinski definition) is 2. The SMILES string of the molecule is COc1ccc(C(O)O)c2ccnn12. The molecule has 5 heteroatoms. The van der Waals surface area contributed by atoms with Crippen molar-refractivity contribution in [3.05, 3.63) is 30.0 Å². The van der Waals surface area contributed by atoms with E-state index in [2.05, 4.69) is 5.10 Å². The maximum Gasteiger partial charge on any atom is 0.214 e. The van der Waals surface area contributed by atoms with Crippen molar-refractivity contribution in [2.75, 3.05) is 7.11 Å². The number of ether oxygens (including phenoxy) is 1. The zero-order valence-electron chi connectivity index (χ0n) is 7.58. The van der Waals surface area contributed by atoms with Crippen LogP contribution in [0.5, 0.6) is 5.88 Å². The monoisotopic (exact) mass is 194 g/mol. The van der Waals surface area contributed by atoms with Gasteiger partial charge in [0.1, 0.15) is 0 Å². The second-order valence-electron chi connectivity index (χ2n) is 2.83. The van der Waals surface area contributed by atoms with Crippen molar-refractivity contribution in [2.45, 2.75) is 6.29 Å². The summed E-state index contributed by atoms with van der Waals surface area (Å²) < 4.78 is 6.57. The molecule has 2 aromatic heterocycles. The summed E-state index contributed by atoms with van der Waals surface area (Å²) in [5.74, 6) is 0.550. The summed E-state index contributed by atoms with van der Waals surface area (Å²) in [4.78, 5) is 0. The summed E-state index contributed by atoms with van der Waals surface area (Å²) in [6.07, 6.45) is 0.0732. The van der Waals surface area contributed by atoms with Crippen LogP contribution in [0.15, 0.2) is 24.4 Å². The molecule has 0 aliphatic carbocycles. The standard InChI is InChI=1S/C9H10N2O3/c1-14-8-3-2-6(9(12)13)7-4-5-10-11(7)8/h2-5,9,12-13H,1H3. The van der Waals surface area contributed by atoms with Crippen LogP contribution in [0.3, 0.4) is 0 Å². The molecular weight excluding hydrogens is 184 g/mol. The summed E-state index contributed by atoms with van der Waals surface area (Å²) in [7, 11) is 1.53. The highest BCUT2D eigenvalue weighted by atomic mass is 16.5. The smallest absolute Gasteiger partial charge is 0.214 e. The van der Waals surface area contributed by atoms with E-state index in [-0.39, 0.29) is 0 Å². The van der Waals surface area contributed by atoms with E-state index in [0.717, 1.165) is 0 Å². The van der Waals surface area contributed by atoms with E-state index in [1.54, 1.807) is 24.4 Å². The number of nitrogens with zero attached hydrogens (tertiary/aromatic N) is 2. The molecular formula is C9H10N2O3. The lowest BCUT2D eigenvalue weighted by atomic mass is 10.2. The van der Waals surface area contributed by atoms with Crippen LogP contribution in [0.1, 0.15) is 11.9 Å². The van der Waals surface area contributed by atoms with Crippen LogP contribution in [0.2, 0.25) is 0 Å². The highest BCUT2D eigenvalue weighted by Gasteiger charge is 2.11. The Morgan fingerprint density at radius 3 is 2.79 bits per heavy atom. The largest absolute Gasteiger partial charge is 0.481 e. The number of hydrogen-bond acceptors (Lipinski definition) is 4. The summed E-state index contributed by atoms with van der Waals surface area (Å²) in [5, 5.41) is 22.2. The third-order valence-corrected chi connectivity index (χ3v) is 2.04. The third kappa shape index (κ3) is 1.23. The van der Waals surface area contributed by atoms with Crippen molar-refractivity contribution in [3.8, 4) is 5.88 Å². The minimum Gasteiger partial charge on any atom is -0.481 e. The molecule has 74 valence electrons. The first-order valence-electron chi connectivity index (χ1n) is 4.11. The molecule has 2 rings (SSSR count). The van der Waals surface area contributed by atoms with Crippen LogP contribution >= 0.6 is 0 Å². The summed E-state index contributed by atoms with van der Waals surface area (Å²) in [6, 6.07) is 4.92. The van der Waals surface area contributed by atoms with Gasteiger partial charge in [0.15, 0.2) is 6.29 Å². The summed E-state index contributed by atoms with van der Waals surface area (Å²) in [5.41, 5.74) is 1.03. The summed E-state index contributed by atoms with van der Waals surface area (Å²) in [6.45, 7) is 0. The molecule has 0 amide bonds. The van der Waals surface area contributed by atoms with E-state index in [4.69, 9.17) is 14.9 Å². The lowest BCUT2D eigenvalue weighted by molar-refractivity contribution is -0.0416. The Hall–Kier alpha value is -1.59. The number of methoxy groups -OCH3 is 1. The van der Waals surface area contributed by atoms with Gasteiger partial charge in [-0.05, 0) is 12.1 Å². The van der Waals surface area contributed by atoms with Crippen LogP contribution in [-0.2, 0) is 0 Å². The van der Waals surface area contributed by atoms with E-state index in [0.29, 0.717) is 17.0 Å². The first-order chi connectivity index (χ1) is 6.74. The molecule has 0 radical (unpaired) electrons. The predicted octanol–water partition coefficient (Wildman–Crippen LogP) is 0.326. The third-order valence-electron chi connectivity index (χ3n) is 2.04. The van der Waals surface area contributed by atoms with Gasteiger partial charge in [-0.2, -0.15) is 5.10 Å². The Balaban J connectivity index is 2.72. The molecule has 0 fully saturated rings. The van der Waals surface area contributed by atoms with Crippen molar-refractivity contribution in [2.24, 2.45) is 0 Å². The Kier molecular flexibility index (Phi) is 2.11. The lowest BCUT2D eigenvalue weighted by Gasteiger charge is -2.08. The van der Waals surface area contributed by atoms with Crippen molar-refractivity contribution >= 4 is 5.52 Å². The van der Waals surface area contributed by atoms with Gasteiger partial charge in [-0.1, -0.05) is 0 Å². The van der Waals surface area contributed by atoms with Crippen LogP contribution < -0.4 is 4.74 Å². The first kappa shape index (κ1) is 8.98. The maximum absolute atomic E-state index is 9.08. The number of rotatable bonds is 2. The van der Waals surface area contributed by atoms with E-state index >= 15 is 0 Å². The first-order valence-corrected chi connectivity index (χ1v) is 4.11. The minimum atomic E-state index is -1.50. The van der Waals surface area contributed by atoms with Crippen molar-refractivity contribution in [3.63, 3.8) is 0 Å². The van der Waals surface area contributed by atoms with Crippen LogP contribution in [0.4, 0.5) is 0 Å². The molecule has 0 atom stereocenters. The van der Waals surface area contributed by atoms with Crippen molar-refractivity contribution < 1.29 is 14.9 Å². The normalized spacial score (nSPS) is 11.1. The Morgan fingerprint density at radius 2 is 2.14 bits per heavy atom. The fourth-order valence-corrected chi connectivity index (χ4v) is 1.39. The topological polar surface area (TPSA) is 67.0 Å². The fourth-order valence-electron chi connectivity index (χ4n) is 1.39. The predicted molar refractivity (Wildman–Crippen MR) is 48.9 cm³/mol. The molecule has 2 heterocycles. The molecule has 5 nitrogen and oxygen atoms in total. The molecule has 0 aliphatic rings. The van der Waals surface area contributed by atoms with Crippen molar-refractivity contribution in [1.29, 1.82) is 0 Å². The molecule has 0 unspecified atom stereocenters.